The first-order valence-corrected chi connectivity index (χ1v) is 9.15. The van der Waals surface area contributed by atoms with E-state index in [0.29, 0.717) is 26.2 Å². The summed E-state index contributed by atoms with van der Waals surface area (Å²) in [5.41, 5.74) is 1.79. The molecule has 0 radical (unpaired) electrons. The molecule has 1 heterocycles. The van der Waals surface area contributed by atoms with Gasteiger partial charge in [0.25, 0.3) is 0 Å². The van der Waals surface area contributed by atoms with Crippen LogP contribution in [0.25, 0.3) is 0 Å². The van der Waals surface area contributed by atoms with Crippen molar-refractivity contribution >= 4 is 11.9 Å². The summed E-state index contributed by atoms with van der Waals surface area (Å²) in [6.45, 7) is 3.74. The van der Waals surface area contributed by atoms with Crippen molar-refractivity contribution in [1.29, 1.82) is 0 Å². The second kappa shape index (κ2) is 8.95. The monoisotopic (exact) mass is 386 g/mol. The fourth-order valence-electron chi connectivity index (χ4n) is 3.20. The maximum Gasteiger partial charge on any atom is 0.335 e. The Morgan fingerprint density at radius 1 is 1.29 bits per heavy atom. The number of halogens is 1. The lowest BCUT2D eigenvalue weighted by Crippen LogP contribution is -2.50. The van der Waals surface area contributed by atoms with Gasteiger partial charge in [-0.3, -0.25) is 9.69 Å². The highest BCUT2D eigenvalue weighted by atomic mass is 19.1. The quantitative estimate of drug-likeness (QED) is 0.798. The molecule has 1 amide bonds. The van der Waals surface area contributed by atoms with E-state index >= 15 is 0 Å². The van der Waals surface area contributed by atoms with Crippen molar-refractivity contribution in [3.05, 3.63) is 71.0 Å². The zero-order valence-electron chi connectivity index (χ0n) is 15.6. The first kappa shape index (κ1) is 20.0. The molecule has 7 heteroatoms. The molecule has 1 aliphatic heterocycles. The highest BCUT2D eigenvalue weighted by Gasteiger charge is 2.28. The second-order valence-corrected chi connectivity index (χ2v) is 6.81. The lowest BCUT2D eigenvalue weighted by molar-refractivity contribution is -0.129. The predicted octanol–water partition coefficient (Wildman–Crippen LogP) is 2.60. The number of carboxylic acid groups (broad SMARTS) is 1. The van der Waals surface area contributed by atoms with Gasteiger partial charge in [-0.25, -0.2) is 9.18 Å². The predicted molar refractivity (Wildman–Crippen MR) is 101 cm³/mol. The minimum Gasteiger partial charge on any atom is -0.478 e. The lowest BCUT2D eigenvalue weighted by Gasteiger charge is -2.36. The average Bonchev–Trinajstić information content (AvgIpc) is 2.72. The van der Waals surface area contributed by atoms with Gasteiger partial charge in [-0.15, -0.1) is 0 Å². The number of hydrogen-bond donors (Lipinski definition) is 2. The highest BCUT2D eigenvalue weighted by molar-refractivity contribution is 5.87. The fourth-order valence-corrected chi connectivity index (χ4v) is 3.20. The third kappa shape index (κ3) is 4.94. The number of nitrogens with one attached hydrogen (secondary N) is 1. The number of ether oxygens (including phenoxy) is 1. The number of morpholine rings is 1. The van der Waals surface area contributed by atoms with Crippen LogP contribution in [-0.2, 0) is 16.1 Å². The molecule has 2 aromatic carbocycles. The minimum atomic E-state index is -0.982. The smallest absolute Gasteiger partial charge is 0.335 e. The molecule has 2 unspecified atom stereocenters. The van der Waals surface area contributed by atoms with Crippen LogP contribution in [0.3, 0.4) is 0 Å². The van der Waals surface area contributed by atoms with E-state index in [4.69, 9.17) is 9.84 Å². The Hall–Kier alpha value is -2.77. The summed E-state index contributed by atoms with van der Waals surface area (Å²) in [6.07, 6.45) is -0.275. The maximum absolute atomic E-state index is 13.5. The van der Waals surface area contributed by atoms with Crippen LogP contribution in [0.4, 0.5) is 4.39 Å². The van der Waals surface area contributed by atoms with E-state index in [1.165, 1.54) is 24.3 Å². The number of carbonyl (C=O) groups excluding carboxylic acids is 1. The maximum atomic E-state index is 13.5. The van der Waals surface area contributed by atoms with Crippen molar-refractivity contribution in [2.75, 3.05) is 19.7 Å². The Kier molecular flexibility index (Phi) is 6.38. The molecule has 1 aliphatic rings. The Bertz CT molecular complexity index is 841. The van der Waals surface area contributed by atoms with Crippen molar-refractivity contribution in [1.82, 2.24) is 10.2 Å². The van der Waals surface area contributed by atoms with Gasteiger partial charge >= 0.3 is 5.97 Å². The van der Waals surface area contributed by atoms with Crippen LogP contribution < -0.4 is 5.32 Å². The normalized spacial score (nSPS) is 18.4. The molecular weight excluding hydrogens is 363 g/mol. The fraction of sp³-hybridized carbons (Fsp3) is 0.333. The van der Waals surface area contributed by atoms with Crippen LogP contribution in [0.15, 0.2) is 48.5 Å². The second-order valence-electron chi connectivity index (χ2n) is 6.81. The van der Waals surface area contributed by atoms with Gasteiger partial charge < -0.3 is 15.2 Å². The van der Waals surface area contributed by atoms with Gasteiger partial charge in [0, 0.05) is 19.6 Å². The van der Waals surface area contributed by atoms with Crippen LogP contribution in [0, 0.1) is 5.82 Å². The Balaban J connectivity index is 1.55. The van der Waals surface area contributed by atoms with E-state index in [-0.39, 0.29) is 29.4 Å². The molecule has 1 fully saturated rings. The van der Waals surface area contributed by atoms with Crippen molar-refractivity contribution < 1.29 is 23.8 Å². The van der Waals surface area contributed by atoms with Gasteiger partial charge in [0.1, 0.15) is 5.82 Å². The van der Waals surface area contributed by atoms with Crippen LogP contribution in [0.5, 0.6) is 0 Å². The molecule has 2 aromatic rings. The van der Waals surface area contributed by atoms with Crippen molar-refractivity contribution in [3.63, 3.8) is 0 Å². The summed E-state index contributed by atoms with van der Waals surface area (Å²) in [4.78, 5) is 25.4. The molecule has 0 aliphatic carbocycles. The van der Waals surface area contributed by atoms with Crippen LogP contribution >= 0.6 is 0 Å². The van der Waals surface area contributed by atoms with Crippen LogP contribution in [0.1, 0.15) is 34.5 Å². The largest absolute Gasteiger partial charge is 0.478 e. The van der Waals surface area contributed by atoms with Gasteiger partial charge in [-0.05, 0) is 42.3 Å². The van der Waals surface area contributed by atoms with E-state index in [1.54, 1.807) is 18.2 Å². The molecule has 0 aromatic heterocycles. The third-order valence-electron chi connectivity index (χ3n) is 4.91. The van der Waals surface area contributed by atoms with Crippen molar-refractivity contribution in [3.8, 4) is 0 Å². The molecule has 28 heavy (non-hydrogen) atoms. The number of nitrogens with zero attached hydrogens (tertiary/aromatic N) is 1. The first-order chi connectivity index (χ1) is 13.4. The summed E-state index contributed by atoms with van der Waals surface area (Å²) < 4.78 is 19.2. The summed E-state index contributed by atoms with van der Waals surface area (Å²) in [5, 5.41) is 11.8. The van der Waals surface area contributed by atoms with E-state index in [1.807, 2.05) is 17.9 Å². The van der Waals surface area contributed by atoms with Gasteiger partial charge in [-0.1, -0.05) is 24.3 Å². The first-order valence-electron chi connectivity index (χ1n) is 9.15. The average molecular weight is 386 g/mol. The molecule has 0 saturated carbocycles. The number of amides is 1. The molecule has 1 saturated heterocycles. The van der Waals surface area contributed by atoms with Crippen LogP contribution in [-0.4, -0.2) is 47.6 Å². The summed E-state index contributed by atoms with van der Waals surface area (Å²) in [7, 11) is 0. The zero-order valence-corrected chi connectivity index (χ0v) is 15.6. The zero-order chi connectivity index (χ0) is 20.1. The molecule has 148 valence electrons. The van der Waals surface area contributed by atoms with E-state index in [2.05, 4.69) is 5.32 Å². The standard InChI is InChI=1S/C21H23FN2O4/c1-14(20(25)23-12-15-5-7-16(8-6-15)21(26)27)24-9-10-28-19(13-24)17-3-2-4-18(22)11-17/h2-8,11,14,19H,9-10,12-13H2,1H3,(H,23,25)(H,26,27). The Labute approximate surface area is 162 Å². The third-order valence-corrected chi connectivity index (χ3v) is 4.91. The summed E-state index contributed by atoms with van der Waals surface area (Å²) >= 11 is 0. The molecule has 2 N–H and O–H groups in total. The SMILES string of the molecule is CC(C(=O)NCc1ccc(C(=O)O)cc1)N1CCOC(c2cccc(F)c2)C1. The highest BCUT2D eigenvalue weighted by Crippen LogP contribution is 2.24. The molecule has 0 bridgehead atoms. The Morgan fingerprint density at radius 3 is 2.71 bits per heavy atom. The number of benzene rings is 2. The van der Waals surface area contributed by atoms with Gasteiger partial charge in [0.05, 0.1) is 24.3 Å². The Morgan fingerprint density at radius 2 is 2.04 bits per heavy atom. The molecular formula is C21H23FN2O4. The number of carboxylic acids is 1. The van der Waals surface area contributed by atoms with Crippen molar-refractivity contribution in [2.24, 2.45) is 0 Å². The molecule has 2 atom stereocenters. The molecule has 6 nitrogen and oxygen atoms in total. The number of hydrogen-bond acceptors (Lipinski definition) is 4. The van der Waals surface area contributed by atoms with Gasteiger partial charge in [0.15, 0.2) is 0 Å². The van der Waals surface area contributed by atoms with Crippen molar-refractivity contribution in [2.45, 2.75) is 25.6 Å². The van der Waals surface area contributed by atoms with Gasteiger partial charge in [-0.2, -0.15) is 0 Å². The van der Waals surface area contributed by atoms with E-state index in [0.717, 1.165) is 11.1 Å². The molecule has 3 rings (SSSR count). The van der Waals surface area contributed by atoms with Gasteiger partial charge in [0.2, 0.25) is 5.91 Å². The summed E-state index contributed by atoms with van der Waals surface area (Å²) in [6, 6.07) is 12.4. The summed E-state index contributed by atoms with van der Waals surface area (Å²) in [5.74, 6) is -1.41. The van der Waals surface area contributed by atoms with Crippen LogP contribution in [0.2, 0.25) is 0 Å². The topological polar surface area (TPSA) is 78.9 Å². The number of rotatable bonds is 6. The molecule has 0 spiro atoms. The number of aromatic carboxylic acids is 1. The van der Waals surface area contributed by atoms with E-state index in [9.17, 15) is 14.0 Å². The number of carbonyl (C=O) groups is 2. The van der Waals surface area contributed by atoms with E-state index < -0.39 is 5.97 Å². The lowest BCUT2D eigenvalue weighted by atomic mass is 10.1. The minimum absolute atomic E-state index is 0.123.